The summed E-state index contributed by atoms with van der Waals surface area (Å²) in [5.74, 6) is 0.0695. The molecule has 38 heavy (non-hydrogen) atoms. The van der Waals surface area contributed by atoms with Gasteiger partial charge in [-0.3, -0.25) is 9.62 Å². The van der Waals surface area contributed by atoms with Gasteiger partial charge in [0.25, 0.3) is 10.0 Å². The topological polar surface area (TPSA) is 103 Å². The lowest BCUT2D eigenvalue weighted by atomic mass is 9.84. The molecule has 2 aliphatic rings. The van der Waals surface area contributed by atoms with E-state index in [2.05, 4.69) is 21.4 Å². The van der Waals surface area contributed by atoms with Gasteiger partial charge in [0.1, 0.15) is 5.82 Å². The van der Waals surface area contributed by atoms with E-state index in [1.165, 1.54) is 24.8 Å². The highest BCUT2D eigenvalue weighted by atomic mass is 32.2. The van der Waals surface area contributed by atoms with E-state index in [-0.39, 0.29) is 10.5 Å². The molecule has 0 unspecified atom stereocenters. The lowest BCUT2D eigenvalue weighted by molar-refractivity contribution is 0.0699. The van der Waals surface area contributed by atoms with Crippen LogP contribution in [0.3, 0.4) is 0 Å². The number of aromatic nitrogens is 1. The van der Waals surface area contributed by atoms with Gasteiger partial charge in [0, 0.05) is 37.3 Å². The number of sulfonamides is 1. The zero-order valence-electron chi connectivity index (χ0n) is 21.9. The Hall–Kier alpha value is -3.17. The fourth-order valence-electron chi connectivity index (χ4n) is 5.70. The Morgan fingerprint density at radius 1 is 1.00 bits per heavy atom. The summed E-state index contributed by atoms with van der Waals surface area (Å²) in [4.78, 5) is 21.6. The van der Waals surface area contributed by atoms with Crippen molar-refractivity contribution >= 4 is 38.4 Å². The van der Waals surface area contributed by atoms with Gasteiger partial charge in [-0.2, -0.15) is 0 Å². The van der Waals surface area contributed by atoms with Gasteiger partial charge in [-0.05, 0) is 73.7 Å². The summed E-state index contributed by atoms with van der Waals surface area (Å²) in [6.45, 7) is 6.63. The summed E-state index contributed by atoms with van der Waals surface area (Å²) in [5.41, 5.74) is 2.13. The maximum absolute atomic E-state index is 13.1. The van der Waals surface area contributed by atoms with Gasteiger partial charge < -0.3 is 10.0 Å². The number of carboxylic acids is 1. The van der Waals surface area contributed by atoms with Crippen molar-refractivity contribution in [1.82, 2.24) is 9.88 Å². The molecule has 0 bridgehead atoms. The maximum atomic E-state index is 13.1. The molecule has 2 N–H and O–H groups in total. The molecule has 2 fully saturated rings. The van der Waals surface area contributed by atoms with Crippen LogP contribution in [0.25, 0.3) is 10.9 Å². The zero-order valence-corrected chi connectivity index (χ0v) is 22.7. The van der Waals surface area contributed by atoms with Gasteiger partial charge >= 0.3 is 5.97 Å². The molecule has 0 spiro atoms. The molecule has 5 rings (SSSR count). The van der Waals surface area contributed by atoms with Crippen LogP contribution in [0.1, 0.15) is 67.3 Å². The van der Waals surface area contributed by atoms with Crippen LogP contribution >= 0.6 is 0 Å². The van der Waals surface area contributed by atoms with Gasteiger partial charge in [0.15, 0.2) is 0 Å². The number of aromatic carboxylic acids is 1. The predicted molar refractivity (Wildman–Crippen MR) is 151 cm³/mol. The smallest absolute Gasteiger partial charge is 0.336 e. The van der Waals surface area contributed by atoms with Crippen LogP contribution in [0, 0.1) is 0 Å². The normalized spacial score (nSPS) is 17.6. The first-order valence-electron chi connectivity index (χ1n) is 13.6. The second kappa shape index (κ2) is 11.3. The minimum atomic E-state index is -3.83. The number of carboxylic acid groups (broad SMARTS) is 1. The largest absolute Gasteiger partial charge is 0.478 e. The fraction of sp³-hybridized carbons (Fsp3) is 0.448. The Morgan fingerprint density at radius 2 is 1.71 bits per heavy atom. The third-order valence-corrected chi connectivity index (χ3v) is 9.18. The molecular weight excluding hydrogens is 500 g/mol. The van der Waals surface area contributed by atoms with Crippen LogP contribution in [0.4, 0.5) is 11.5 Å². The van der Waals surface area contributed by atoms with E-state index in [1.807, 2.05) is 12.1 Å². The van der Waals surface area contributed by atoms with Crippen molar-refractivity contribution in [2.24, 2.45) is 0 Å². The van der Waals surface area contributed by atoms with E-state index >= 15 is 0 Å². The first kappa shape index (κ1) is 26.4. The summed E-state index contributed by atoms with van der Waals surface area (Å²) in [5, 5.41) is 10.4. The number of hydrogen-bond acceptors (Lipinski definition) is 6. The quantitative estimate of drug-likeness (QED) is 0.402. The maximum Gasteiger partial charge on any atom is 0.336 e. The van der Waals surface area contributed by atoms with Crippen LogP contribution in [-0.4, -0.2) is 62.1 Å². The van der Waals surface area contributed by atoms with Gasteiger partial charge in [0.05, 0.1) is 16.0 Å². The van der Waals surface area contributed by atoms with Crippen LogP contribution in [0.15, 0.2) is 53.4 Å². The number of piperazine rings is 1. The molecule has 9 heteroatoms. The summed E-state index contributed by atoms with van der Waals surface area (Å²) < 4.78 is 28.9. The SMILES string of the molecule is CCCN1CCN(c2cc(C(=O)O)c3cc(NS(=O)(=O)c4ccc(C5CCCCC5)cc4)ccc3n2)CC1. The summed E-state index contributed by atoms with van der Waals surface area (Å²) >= 11 is 0. The molecule has 1 saturated carbocycles. The van der Waals surface area contributed by atoms with Gasteiger partial charge in [-0.25, -0.2) is 18.2 Å². The highest BCUT2D eigenvalue weighted by molar-refractivity contribution is 7.92. The van der Waals surface area contributed by atoms with Crippen LogP contribution in [0.2, 0.25) is 0 Å². The molecule has 1 aliphatic heterocycles. The predicted octanol–water partition coefficient (Wildman–Crippen LogP) is 5.31. The summed E-state index contributed by atoms with van der Waals surface area (Å²) in [6.07, 6.45) is 7.12. The van der Waals surface area contributed by atoms with Crippen LogP contribution in [-0.2, 0) is 10.0 Å². The Balaban J connectivity index is 1.37. The highest BCUT2D eigenvalue weighted by Gasteiger charge is 2.22. The zero-order chi connectivity index (χ0) is 26.7. The van der Waals surface area contributed by atoms with Crippen molar-refractivity contribution < 1.29 is 18.3 Å². The Labute approximate surface area is 224 Å². The highest BCUT2D eigenvalue weighted by Crippen LogP contribution is 2.33. The van der Waals surface area contributed by atoms with E-state index in [0.29, 0.717) is 28.3 Å². The second-order valence-corrected chi connectivity index (χ2v) is 12.1. The Bertz CT molecular complexity index is 1390. The van der Waals surface area contributed by atoms with E-state index in [1.54, 1.807) is 36.4 Å². The number of rotatable bonds is 8. The second-order valence-electron chi connectivity index (χ2n) is 10.4. The average molecular weight is 537 g/mol. The number of carbonyl (C=O) groups is 1. The summed E-state index contributed by atoms with van der Waals surface area (Å²) in [6, 6.07) is 13.6. The third-order valence-electron chi connectivity index (χ3n) is 7.78. The number of benzene rings is 2. The first-order valence-corrected chi connectivity index (χ1v) is 15.1. The van der Waals surface area contributed by atoms with Crippen LogP contribution < -0.4 is 9.62 Å². The van der Waals surface area contributed by atoms with Gasteiger partial charge in [-0.1, -0.05) is 38.3 Å². The van der Waals surface area contributed by atoms with E-state index < -0.39 is 16.0 Å². The lowest BCUT2D eigenvalue weighted by Crippen LogP contribution is -2.46. The average Bonchev–Trinajstić information content (AvgIpc) is 2.93. The molecular formula is C29H36N4O4S. The molecule has 202 valence electrons. The molecule has 1 saturated heterocycles. The molecule has 8 nitrogen and oxygen atoms in total. The summed E-state index contributed by atoms with van der Waals surface area (Å²) in [7, 11) is -3.83. The first-order chi connectivity index (χ1) is 18.3. The standard InChI is InChI=1S/C29H36N4O4S/c1-2-14-32-15-17-33(18-16-32)28-20-26(29(34)35)25-19-23(10-13-27(25)30-28)31-38(36,37)24-11-8-22(9-12-24)21-6-4-3-5-7-21/h8-13,19-21,31H,2-7,14-18H2,1H3,(H,34,35). The molecule has 2 aromatic carbocycles. The molecule has 2 heterocycles. The van der Waals surface area contributed by atoms with E-state index in [0.717, 1.165) is 52.0 Å². The fourth-order valence-corrected chi connectivity index (χ4v) is 6.75. The van der Waals surface area contributed by atoms with Crippen molar-refractivity contribution in [2.45, 2.75) is 56.3 Å². The molecule has 1 aromatic heterocycles. The van der Waals surface area contributed by atoms with Crippen LogP contribution in [0.5, 0.6) is 0 Å². The third kappa shape index (κ3) is 5.78. The molecule has 0 atom stereocenters. The number of anilines is 2. The number of nitrogens with one attached hydrogen (secondary N) is 1. The van der Waals surface area contributed by atoms with Gasteiger partial charge in [-0.15, -0.1) is 0 Å². The molecule has 0 radical (unpaired) electrons. The molecule has 1 aliphatic carbocycles. The molecule has 3 aromatic rings. The van der Waals surface area contributed by atoms with Crippen molar-refractivity contribution in [2.75, 3.05) is 42.3 Å². The van der Waals surface area contributed by atoms with Crippen molar-refractivity contribution in [3.05, 3.63) is 59.7 Å². The monoisotopic (exact) mass is 536 g/mol. The van der Waals surface area contributed by atoms with E-state index in [4.69, 9.17) is 4.98 Å². The Kier molecular flexibility index (Phi) is 7.85. The minimum Gasteiger partial charge on any atom is -0.478 e. The number of nitrogens with zero attached hydrogens (tertiary/aromatic N) is 3. The lowest BCUT2D eigenvalue weighted by Gasteiger charge is -2.35. The molecule has 0 amide bonds. The number of fused-ring (bicyclic) bond motifs is 1. The Morgan fingerprint density at radius 3 is 2.37 bits per heavy atom. The minimum absolute atomic E-state index is 0.110. The van der Waals surface area contributed by atoms with Crippen molar-refractivity contribution in [3.63, 3.8) is 0 Å². The number of pyridine rings is 1. The number of hydrogen-bond donors (Lipinski definition) is 2. The van der Waals surface area contributed by atoms with E-state index in [9.17, 15) is 18.3 Å². The van der Waals surface area contributed by atoms with Crippen molar-refractivity contribution in [1.29, 1.82) is 0 Å². The van der Waals surface area contributed by atoms with Gasteiger partial charge in [0.2, 0.25) is 0 Å². The van der Waals surface area contributed by atoms with Crippen molar-refractivity contribution in [3.8, 4) is 0 Å².